The van der Waals surface area contributed by atoms with E-state index in [-0.39, 0.29) is 24.3 Å². The van der Waals surface area contributed by atoms with Crippen LogP contribution in [0.2, 0.25) is 0 Å². The van der Waals surface area contributed by atoms with Crippen LogP contribution in [-0.2, 0) is 16.1 Å². The molecular formula is C20H28N6O2. The molecule has 8 nitrogen and oxygen atoms in total. The van der Waals surface area contributed by atoms with E-state index in [4.69, 9.17) is 5.73 Å². The summed E-state index contributed by atoms with van der Waals surface area (Å²) in [6, 6.07) is 9.07. The second-order valence-corrected chi connectivity index (χ2v) is 7.28. The summed E-state index contributed by atoms with van der Waals surface area (Å²) in [6.45, 7) is 3.49. The monoisotopic (exact) mass is 384 g/mol. The molecule has 0 bridgehead atoms. The summed E-state index contributed by atoms with van der Waals surface area (Å²) in [4.78, 5) is 30.9. The van der Waals surface area contributed by atoms with Gasteiger partial charge in [0.15, 0.2) is 0 Å². The van der Waals surface area contributed by atoms with Gasteiger partial charge in [-0.1, -0.05) is 50.1 Å². The number of aromatic nitrogens is 3. The van der Waals surface area contributed by atoms with E-state index in [2.05, 4.69) is 15.4 Å². The van der Waals surface area contributed by atoms with Crippen molar-refractivity contribution in [2.45, 2.75) is 45.2 Å². The fraction of sp³-hybridized carbons (Fsp3) is 0.500. The van der Waals surface area contributed by atoms with Gasteiger partial charge in [0.25, 0.3) is 0 Å². The quantitative estimate of drug-likeness (QED) is 0.792. The first-order valence-electron chi connectivity index (χ1n) is 9.83. The maximum Gasteiger partial charge on any atom is 0.248 e. The van der Waals surface area contributed by atoms with Gasteiger partial charge in [-0.3, -0.25) is 14.9 Å². The Labute approximate surface area is 165 Å². The molecule has 1 fully saturated rings. The first-order valence-corrected chi connectivity index (χ1v) is 9.83. The first-order chi connectivity index (χ1) is 13.5. The molecule has 1 aliphatic heterocycles. The van der Waals surface area contributed by atoms with Gasteiger partial charge in [0.1, 0.15) is 12.9 Å². The second kappa shape index (κ2) is 9.45. The SMILES string of the molecule is CC(C(=O)Nc1ncn(CC(=O)N2CCCCCC2)n1)C(N)c1ccccc1. The van der Waals surface area contributed by atoms with E-state index in [9.17, 15) is 9.59 Å². The van der Waals surface area contributed by atoms with Gasteiger partial charge in [0.05, 0.1) is 5.92 Å². The zero-order valence-electron chi connectivity index (χ0n) is 16.3. The molecule has 8 heteroatoms. The molecule has 2 amide bonds. The van der Waals surface area contributed by atoms with Crippen LogP contribution in [0.1, 0.15) is 44.2 Å². The van der Waals surface area contributed by atoms with Gasteiger partial charge in [-0.15, -0.1) is 5.10 Å². The molecule has 0 aliphatic carbocycles. The van der Waals surface area contributed by atoms with Crippen molar-refractivity contribution in [2.75, 3.05) is 18.4 Å². The molecule has 2 aromatic rings. The minimum atomic E-state index is -0.451. The number of carbonyl (C=O) groups is 2. The largest absolute Gasteiger partial charge is 0.341 e. The summed E-state index contributed by atoms with van der Waals surface area (Å²) in [5.41, 5.74) is 7.10. The lowest BCUT2D eigenvalue weighted by atomic mass is 9.95. The van der Waals surface area contributed by atoms with Crippen molar-refractivity contribution < 1.29 is 9.59 Å². The zero-order valence-corrected chi connectivity index (χ0v) is 16.3. The fourth-order valence-electron chi connectivity index (χ4n) is 3.34. The zero-order chi connectivity index (χ0) is 19.9. The Morgan fingerprint density at radius 1 is 1.14 bits per heavy atom. The van der Waals surface area contributed by atoms with Crippen LogP contribution in [-0.4, -0.2) is 44.6 Å². The Kier molecular flexibility index (Phi) is 6.76. The molecule has 3 rings (SSSR count). The van der Waals surface area contributed by atoms with Crippen LogP contribution in [0, 0.1) is 5.92 Å². The van der Waals surface area contributed by atoms with Crippen LogP contribution in [0.5, 0.6) is 0 Å². The smallest absolute Gasteiger partial charge is 0.248 e. The highest BCUT2D eigenvalue weighted by atomic mass is 16.2. The standard InChI is InChI=1S/C20H28N6O2/c1-15(18(21)16-9-5-4-6-10-16)19(28)23-20-22-14-26(24-20)13-17(27)25-11-7-2-3-8-12-25/h4-6,9-10,14-15,18H,2-3,7-8,11-13,21H2,1H3,(H,23,24,28). The molecule has 1 saturated heterocycles. The Hall–Kier alpha value is -2.74. The third-order valence-corrected chi connectivity index (χ3v) is 5.16. The van der Waals surface area contributed by atoms with E-state index in [0.717, 1.165) is 31.5 Å². The number of nitrogens with zero attached hydrogens (tertiary/aromatic N) is 4. The highest BCUT2D eigenvalue weighted by Gasteiger charge is 2.23. The van der Waals surface area contributed by atoms with Gasteiger partial charge in [0.2, 0.25) is 17.8 Å². The van der Waals surface area contributed by atoms with Crippen molar-refractivity contribution in [3.8, 4) is 0 Å². The number of likely N-dealkylation sites (tertiary alicyclic amines) is 1. The van der Waals surface area contributed by atoms with Crippen molar-refractivity contribution in [3.63, 3.8) is 0 Å². The molecule has 2 heterocycles. The molecule has 2 atom stereocenters. The molecule has 0 spiro atoms. The summed E-state index contributed by atoms with van der Waals surface area (Å²) in [5.74, 6) is -0.494. The number of carbonyl (C=O) groups excluding carboxylic acids is 2. The lowest BCUT2D eigenvalue weighted by molar-refractivity contribution is -0.132. The lowest BCUT2D eigenvalue weighted by Gasteiger charge is -2.20. The molecule has 0 saturated carbocycles. The average molecular weight is 384 g/mol. The van der Waals surface area contributed by atoms with Gasteiger partial charge < -0.3 is 10.6 Å². The number of benzene rings is 1. The van der Waals surface area contributed by atoms with E-state index in [1.54, 1.807) is 6.92 Å². The van der Waals surface area contributed by atoms with E-state index in [1.165, 1.54) is 23.9 Å². The molecule has 1 aromatic heterocycles. The summed E-state index contributed by atoms with van der Waals surface area (Å²) in [7, 11) is 0. The van der Waals surface area contributed by atoms with Crippen LogP contribution in [0.25, 0.3) is 0 Å². The normalized spacial score (nSPS) is 16.9. The van der Waals surface area contributed by atoms with Crippen molar-refractivity contribution in [3.05, 3.63) is 42.2 Å². The number of hydrogen-bond donors (Lipinski definition) is 2. The van der Waals surface area contributed by atoms with E-state index in [1.807, 2.05) is 35.2 Å². The molecule has 3 N–H and O–H groups in total. The first kappa shape index (κ1) is 20.0. The maximum atomic E-state index is 12.5. The number of anilines is 1. The summed E-state index contributed by atoms with van der Waals surface area (Å²) in [5, 5.41) is 6.90. The molecular weight excluding hydrogens is 356 g/mol. The fourth-order valence-corrected chi connectivity index (χ4v) is 3.34. The molecule has 0 radical (unpaired) electrons. The number of nitrogens with two attached hydrogens (primary N) is 1. The van der Waals surface area contributed by atoms with E-state index >= 15 is 0 Å². The van der Waals surface area contributed by atoms with Gasteiger partial charge >= 0.3 is 0 Å². The number of amides is 2. The summed E-state index contributed by atoms with van der Waals surface area (Å²) < 4.78 is 1.46. The van der Waals surface area contributed by atoms with Gasteiger partial charge in [-0.2, -0.15) is 0 Å². The van der Waals surface area contributed by atoms with Crippen molar-refractivity contribution in [1.29, 1.82) is 0 Å². The van der Waals surface area contributed by atoms with Crippen LogP contribution in [0.3, 0.4) is 0 Å². The van der Waals surface area contributed by atoms with Gasteiger partial charge in [0, 0.05) is 19.1 Å². The highest BCUT2D eigenvalue weighted by molar-refractivity contribution is 5.91. The van der Waals surface area contributed by atoms with Gasteiger partial charge in [-0.25, -0.2) is 9.67 Å². The number of rotatable bonds is 6. The van der Waals surface area contributed by atoms with Crippen LogP contribution in [0.15, 0.2) is 36.7 Å². The van der Waals surface area contributed by atoms with Crippen molar-refractivity contribution in [2.24, 2.45) is 11.7 Å². The predicted molar refractivity (Wildman–Crippen MR) is 106 cm³/mol. The number of hydrogen-bond acceptors (Lipinski definition) is 5. The summed E-state index contributed by atoms with van der Waals surface area (Å²) >= 11 is 0. The maximum absolute atomic E-state index is 12.5. The predicted octanol–water partition coefficient (Wildman–Crippen LogP) is 1.96. The summed E-state index contributed by atoms with van der Waals surface area (Å²) in [6.07, 6.45) is 5.90. The Morgan fingerprint density at radius 3 is 2.50 bits per heavy atom. The Bertz CT molecular complexity index is 783. The Balaban J connectivity index is 1.54. The third-order valence-electron chi connectivity index (χ3n) is 5.16. The minimum absolute atomic E-state index is 0.0316. The van der Waals surface area contributed by atoms with E-state index < -0.39 is 12.0 Å². The van der Waals surface area contributed by atoms with Crippen LogP contribution in [0.4, 0.5) is 5.95 Å². The van der Waals surface area contributed by atoms with E-state index in [0.29, 0.717) is 0 Å². The van der Waals surface area contributed by atoms with Crippen LogP contribution < -0.4 is 11.1 Å². The Morgan fingerprint density at radius 2 is 1.82 bits per heavy atom. The third kappa shape index (κ3) is 5.16. The van der Waals surface area contributed by atoms with Crippen LogP contribution >= 0.6 is 0 Å². The highest BCUT2D eigenvalue weighted by Crippen LogP contribution is 2.20. The molecule has 28 heavy (non-hydrogen) atoms. The topological polar surface area (TPSA) is 106 Å². The molecule has 2 unspecified atom stereocenters. The molecule has 1 aromatic carbocycles. The average Bonchev–Trinajstić information content (AvgIpc) is 2.97. The second-order valence-electron chi connectivity index (χ2n) is 7.28. The molecule has 150 valence electrons. The van der Waals surface area contributed by atoms with Crippen molar-refractivity contribution in [1.82, 2.24) is 19.7 Å². The molecule has 1 aliphatic rings. The number of nitrogens with one attached hydrogen (secondary N) is 1. The van der Waals surface area contributed by atoms with Crippen molar-refractivity contribution >= 4 is 17.8 Å². The minimum Gasteiger partial charge on any atom is -0.341 e. The van der Waals surface area contributed by atoms with Gasteiger partial charge in [-0.05, 0) is 18.4 Å². The lowest BCUT2D eigenvalue weighted by Crippen LogP contribution is -2.34.